The van der Waals surface area contributed by atoms with Crippen molar-refractivity contribution in [2.75, 3.05) is 5.32 Å². The molecular formula is C25H33N3O2S. The molecule has 2 atom stereocenters. The van der Waals surface area contributed by atoms with Crippen molar-refractivity contribution in [3.8, 4) is 0 Å². The van der Waals surface area contributed by atoms with Crippen LogP contribution in [0.5, 0.6) is 0 Å². The van der Waals surface area contributed by atoms with Crippen molar-refractivity contribution in [1.29, 1.82) is 0 Å². The van der Waals surface area contributed by atoms with Gasteiger partial charge in [0.25, 0.3) is 0 Å². The Morgan fingerprint density at radius 2 is 1.71 bits per heavy atom. The van der Waals surface area contributed by atoms with Gasteiger partial charge >= 0.3 is 0 Å². The first-order valence-electron chi connectivity index (χ1n) is 11.0. The van der Waals surface area contributed by atoms with Gasteiger partial charge in [0.1, 0.15) is 5.71 Å². The average molecular weight is 440 g/mol. The van der Waals surface area contributed by atoms with E-state index >= 15 is 0 Å². The quantitative estimate of drug-likeness (QED) is 0.448. The molecule has 0 saturated heterocycles. The maximum absolute atomic E-state index is 13.7. The van der Waals surface area contributed by atoms with Crippen LogP contribution >= 0.6 is 12.2 Å². The largest absolute Gasteiger partial charge is 0.385 e. The molecule has 4 rings (SSSR count). The number of benzene rings is 1. The molecule has 0 aliphatic heterocycles. The van der Waals surface area contributed by atoms with Gasteiger partial charge in [-0.15, -0.1) is 0 Å². The molecule has 31 heavy (non-hydrogen) atoms. The normalized spacial score (nSPS) is 32.5. The van der Waals surface area contributed by atoms with Crippen molar-refractivity contribution >= 4 is 34.5 Å². The van der Waals surface area contributed by atoms with Crippen LogP contribution in [-0.2, 0) is 4.79 Å². The number of hydrazone groups is 1. The highest BCUT2D eigenvalue weighted by molar-refractivity contribution is 7.80. The summed E-state index contributed by atoms with van der Waals surface area (Å²) in [6, 6.07) is 9.59. The number of para-hydroxylation sites is 1. The molecule has 3 aliphatic carbocycles. The van der Waals surface area contributed by atoms with Gasteiger partial charge in [-0.25, -0.2) is 0 Å². The maximum Gasteiger partial charge on any atom is 0.208 e. The van der Waals surface area contributed by atoms with Crippen LogP contribution in [0.15, 0.2) is 46.6 Å². The fourth-order valence-corrected chi connectivity index (χ4v) is 6.79. The van der Waals surface area contributed by atoms with Gasteiger partial charge in [0, 0.05) is 16.7 Å². The first-order valence-corrected chi connectivity index (χ1v) is 11.4. The van der Waals surface area contributed by atoms with Crippen molar-refractivity contribution in [3.05, 3.63) is 41.5 Å². The fraction of sp³-hybridized carbons (Fsp3) is 0.560. The van der Waals surface area contributed by atoms with Gasteiger partial charge in [-0.05, 0) is 67.3 Å². The Morgan fingerprint density at radius 3 is 2.39 bits per heavy atom. The van der Waals surface area contributed by atoms with Crippen LogP contribution in [-0.4, -0.2) is 27.3 Å². The van der Waals surface area contributed by atoms with E-state index in [9.17, 15) is 9.90 Å². The third kappa shape index (κ3) is 4.20. The van der Waals surface area contributed by atoms with Crippen molar-refractivity contribution in [2.45, 2.75) is 72.3 Å². The number of fused-ring (bicyclic) bond motifs is 3. The number of rotatable bonds is 2. The molecule has 0 spiro atoms. The van der Waals surface area contributed by atoms with Gasteiger partial charge in [0.15, 0.2) is 5.11 Å². The summed E-state index contributed by atoms with van der Waals surface area (Å²) in [7, 11) is 0. The molecule has 166 valence electrons. The highest BCUT2D eigenvalue weighted by Crippen LogP contribution is 2.61. The summed E-state index contributed by atoms with van der Waals surface area (Å²) in [5.41, 5.74) is 4.36. The average Bonchev–Trinajstić information content (AvgIpc) is 2.57. The van der Waals surface area contributed by atoms with Crippen LogP contribution in [0.1, 0.15) is 66.7 Å². The predicted octanol–water partition coefficient (Wildman–Crippen LogP) is 4.98. The lowest BCUT2D eigenvalue weighted by Crippen LogP contribution is -2.56. The van der Waals surface area contributed by atoms with Gasteiger partial charge in [-0.2, -0.15) is 5.10 Å². The molecule has 3 aliphatic rings. The number of hydrogen-bond acceptors (Lipinski definition) is 4. The van der Waals surface area contributed by atoms with E-state index in [2.05, 4.69) is 36.6 Å². The van der Waals surface area contributed by atoms with Crippen molar-refractivity contribution in [1.82, 2.24) is 5.43 Å². The van der Waals surface area contributed by atoms with E-state index in [4.69, 9.17) is 12.2 Å². The number of thiocarbonyl (C=S) groups is 1. The van der Waals surface area contributed by atoms with Crippen LogP contribution < -0.4 is 10.7 Å². The van der Waals surface area contributed by atoms with Crippen LogP contribution in [0.25, 0.3) is 0 Å². The monoisotopic (exact) mass is 439 g/mol. The molecular weight excluding hydrogens is 406 g/mol. The highest BCUT2D eigenvalue weighted by atomic mass is 32.1. The Bertz CT molecular complexity index is 995. The lowest BCUT2D eigenvalue weighted by molar-refractivity contribution is -0.119. The van der Waals surface area contributed by atoms with Crippen molar-refractivity contribution < 1.29 is 9.90 Å². The molecule has 0 heterocycles. The molecule has 5 nitrogen and oxygen atoms in total. The smallest absolute Gasteiger partial charge is 0.208 e. The number of hydrogen-bond donors (Lipinski definition) is 3. The zero-order valence-corrected chi connectivity index (χ0v) is 19.9. The number of ketones is 1. The summed E-state index contributed by atoms with van der Waals surface area (Å²) in [6.45, 7) is 10.7. The molecule has 1 aromatic carbocycles. The third-order valence-electron chi connectivity index (χ3n) is 6.89. The number of Topliss-reactive ketones (excluding diaryl/α,β-unsaturated/α-hetero) is 1. The van der Waals surface area contributed by atoms with Gasteiger partial charge in [-0.3, -0.25) is 10.2 Å². The molecule has 0 radical (unpaired) electrons. The maximum atomic E-state index is 13.7. The second-order valence-corrected chi connectivity index (χ2v) is 11.9. The molecule has 0 unspecified atom stereocenters. The highest BCUT2D eigenvalue weighted by Gasteiger charge is 2.58. The van der Waals surface area contributed by atoms with E-state index in [0.717, 1.165) is 30.5 Å². The molecule has 2 bridgehead atoms. The summed E-state index contributed by atoms with van der Waals surface area (Å²) in [4.78, 5) is 13.7. The van der Waals surface area contributed by atoms with Crippen molar-refractivity contribution in [3.63, 3.8) is 0 Å². The standard InChI is InChI=1S/C25H33N3O2S/c1-22(2)13-24(5)12-16-11-23(3,4)20(19(29)18(16)25(30,14-22)15-24)27-28-21(31)26-17-9-7-6-8-10-17/h6-10,30H,11-15H2,1-5H3,(H2,26,28,31)/b27-20+/t24-,25-/m0/s1. The first-order chi connectivity index (χ1) is 14.3. The summed E-state index contributed by atoms with van der Waals surface area (Å²) in [5.74, 6) is -0.136. The second-order valence-electron chi connectivity index (χ2n) is 11.5. The zero-order valence-electron chi connectivity index (χ0n) is 19.1. The van der Waals surface area contributed by atoms with E-state index in [-0.39, 0.29) is 16.6 Å². The molecule has 0 aromatic heterocycles. The van der Waals surface area contributed by atoms with E-state index in [0.29, 0.717) is 29.2 Å². The van der Waals surface area contributed by atoms with Crippen LogP contribution in [0.2, 0.25) is 0 Å². The predicted molar refractivity (Wildman–Crippen MR) is 129 cm³/mol. The summed E-state index contributed by atoms with van der Waals surface area (Å²) in [5, 5.41) is 19.6. The van der Waals surface area contributed by atoms with Gasteiger partial charge < -0.3 is 10.4 Å². The van der Waals surface area contributed by atoms with Gasteiger partial charge in [0.2, 0.25) is 5.78 Å². The Balaban J connectivity index is 1.63. The van der Waals surface area contributed by atoms with Crippen LogP contribution in [0, 0.1) is 16.2 Å². The topological polar surface area (TPSA) is 73.7 Å². The minimum absolute atomic E-state index is 0.00967. The molecule has 6 heteroatoms. The van der Waals surface area contributed by atoms with E-state index < -0.39 is 11.0 Å². The van der Waals surface area contributed by atoms with E-state index in [1.54, 1.807) is 0 Å². The molecule has 0 amide bonds. The Morgan fingerprint density at radius 1 is 1.03 bits per heavy atom. The van der Waals surface area contributed by atoms with Gasteiger partial charge in [0.05, 0.1) is 5.60 Å². The molecule has 1 saturated carbocycles. The molecule has 3 N–H and O–H groups in total. The Kier molecular flexibility index (Phi) is 5.17. The lowest BCUT2D eigenvalue weighted by Gasteiger charge is -2.57. The minimum atomic E-state index is -1.08. The van der Waals surface area contributed by atoms with E-state index in [1.165, 1.54) is 0 Å². The minimum Gasteiger partial charge on any atom is -0.385 e. The third-order valence-corrected chi connectivity index (χ3v) is 7.09. The second kappa shape index (κ2) is 7.24. The number of aliphatic hydroxyl groups is 1. The summed E-state index contributed by atoms with van der Waals surface area (Å²) >= 11 is 5.37. The van der Waals surface area contributed by atoms with Crippen LogP contribution in [0.3, 0.4) is 0 Å². The Hall–Kier alpha value is -2.05. The summed E-state index contributed by atoms with van der Waals surface area (Å²) in [6.07, 6.45) is 3.91. The number of allylic oxidation sites excluding steroid dienone is 1. The molecule has 1 aromatic rings. The Labute approximate surface area is 190 Å². The number of carbonyl (C=O) groups is 1. The summed E-state index contributed by atoms with van der Waals surface area (Å²) < 4.78 is 0. The zero-order chi connectivity index (χ0) is 22.7. The first kappa shape index (κ1) is 22.2. The number of nitrogens with zero attached hydrogens (tertiary/aromatic N) is 1. The fourth-order valence-electron chi connectivity index (χ4n) is 6.63. The van der Waals surface area contributed by atoms with Crippen LogP contribution in [0.4, 0.5) is 5.69 Å². The SMILES string of the molecule is CC1(C)C[C@]2(C)CC3=C(C(=O)/C(=N\NC(=S)Nc4ccccc4)C(C)(C)C3)[C@](O)(C1)C2. The number of nitrogens with one attached hydrogen (secondary N) is 2. The number of carbonyl (C=O) groups excluding carboxylic acids is 1. The van der Waals surface area contributed by atoms with E-state index in [1.807, 2.05) is 44.2 Å². The molecule has 1 fully saturated rings. The number of anilines is 1. The lowest BCUT2D eigenvalue weighted by atomic mass is 9.49. The van der Waals surface area contributed by atoms with Gasteiger partial charge in [-0.1, -0.05) is 58.4 Å². The van der Waals surface area contributed by atoms with Crippen molar-refractivity contribution in [2.24, 2.45) is 21.3 Å².